The molecule has 5 rings (SSSR count). The summed E-state index contributed by atoms with van der Waals surface area (Å²) in [6.45, 7) is 2.28. The standard InChI is InChI=1S/C26H22F2/c1-16-6-7-19(14-18-8-10-20(27)15-25(18)28)26-21(16)12-13-23-22-5-3-2-4-17(22)9-11-24(23)26/h2-5,8-13,15-16,19H,6-7,14H2,1H3. The first-order valence-electron chi connectivity index (χ1n) is 10.00. The highest BCUT2D eigenvalue weighted by molar-refractivity contribution is 6.09. The molecule has 0 saturated heterocycles. The lowest BCUT2D eigenvalue weighted by molar-refractivity contribution is 0.492. The predicted octanol–water partition coefficient (Wildman–Crippen LogP) is 7.49. The molecule has 1 aliphatic rings. The smallest absolute Gasteiger partial charge is 0.129 e. The van der Waals surface area contributed by atoms with Crippen LogP contribution in [0.15, 0.2) is 66.7 Å². The molecule has 140 valence electrons. The summed E-state index contributed by atoms with van der Waals surface area (Å²) in [5, 5.41) is 5.03. The summed E-state index contributed by atoms with van der Waals surface area (Å²) in [5.41, 5.74) is 3.33. The van der Waals surface area contributed by atoms with E-state index in [1.807, 2.05) is 0 Å². The van der Waals surface area contributed by atoms with E-state index >= 15 is 0 Å². The van der Waals surface area contributed by atoms with Gasteiger partial charge in [-0.25, -0.2) is 8.78 Å². The van der Waals surface area contributed by atoms with E-state index in [0.717, 1.165) is 18.9 Å². The van der Waals surface area contributed by atoms with Gasteiger partial charge >= 0.3 is 0 Å². The van der Waals surface area contributed by atoms with E-state index < -0.39 is 11.6 Å². The molecule has 0 aliphatic heterocycles. The van der Waals surface area contributed by atoms with Crippen molar-refractivity contribution in [1.29, 1.82) is 0 Å². The highest BCUT2D eigenvalue weighted by Crippen LogP contribution is 2.45. The minimum Gasteiger partial charge on any atom is -0.207 e. The van der Waals surface area contributed by atoms with Gasteiger partial charge in [0.25, 0.3) is 0 Å². The summed E-state index contributed by atoms with van der Waals surface area (Å²) in [5.74, 6) is -0.210. The predicted molar refractivity (Wildman–Crippen MR) is 112 cm³/mol. The zero-order valence-electron chi connectivity index (χ0n) is 15.9. The summed E-state index contributed by atoms with van der Waals surface area (Å²) in [4.78, 5) is 0. The van der Waals surface area contributed by atoms with Crippen LogP contribution >= 0.6 is 0 Å². The molecule has 0 amide bonds. The van der Waals surface area contributed by atoms with Crippen molar-refractivity contribution < 1.29 is 8.78 Å². The Labute approximate surface area is 163 Å². The third-order valence-electron chi connectivity index (χ3n) is 6.37. The molecule has 0 N–H and O–H groups in total. The van der Waals surface area contributed by atoms with E-state index in [9.17, 15) is 8.78 Å². The van der Waals surface area contributed by atoms with Crippen LogP contribution in [0.4, 0.5) is 8.78 Å². The van der Waals surface area contributed by atoms with Gasteiger partial charge in [0.15, 0.2) is 0 Å². The number of benzene rings is 4. The van der Waals surface area contributed by atoms with Gasteiger partial charge in [-0.3, -0.25) is 0 Å². The molecule has 0 bridgehead atoms. The van der Waals surface area contributed by atoms with Gasteiger partial charge in [-0.1, -0.05) is 61.5 Å². The number of hydrogen-bond acceptors (Lipinski definition) is 0. The van der Waals surface area contributed by atoms with Gasteiger partial charge < -0.3 is 0 Å². The molecule has 0 saturated carbocycles. The van der Waals surface area contributed by atoms with Crippen LogP contribution in [-0.2, 0) is 6.42 Å². The third-order valence-corrected chi connectivity index (χ3v) is 6.37. The van der Waals surface area contributed by atoms with Crippen molar-refractivity contribution in [3.05, 3.63) is 95.1 Å². The molecule has 2 atom stereocenters. The Morgan fingerprint density at radius 1 is 0.821 bits per heavy atom. The van der Waals surface area contributed by atoms with E-state index in [2.05, 4.69) is 55.5 Å². The quantitative estimate of drug-likeness (QED) is 0.320. The maximum Gasteiger partial charge on any atom is 0.129 e. The fourth-order valence-electron chi connectivity index (χ4n) is 4.92. The number of fused-ring (bicyclic) bond motifs is 5. The second kappa shape index (κ2) is 6.70. The monoisotopic (exact) mass is 372 g/mol. The normalized spacial score (nSPS) is 19.1. The molecular formula is C26H22F2. The Bertz CT molecular complexity index is 1190. The SMILES string of the molecule is CC1CCC(Cc2ccc(F)cc2F)c2c1ccc1c2ccc2ccccc21. The van der Waals surface area contributed by atoms with Crippen molar-refractivity contribution in [2.45, 2.75) is 38.0 Å². The first-order chi connectivity index (χ1) is 13.6. The summed E-state index contributed by atoms with van der Waals surface area (Å²) in [6, 6.07) is 21.3. The largest absolute Gasteiger partial charge is 0.207 e. The highest BCUT2D eigenvalue weighted by atomic mass is 19.1. The average molecular weight is 372 g/mol. The maximum atomic E-state index is 14.3. The van der Waals surface area contributed by atoms with Crippen LogP contribution in [0.1, 0.15) is 48.3 Å². The molecule has 2 heteroatoms. The lowest BCUT2D eigenvalue weighted by Crippen LogP contribution is -2.16. The van der Waals surface area contributed by atoms with Crippen molar-refractivity contribution in [3.63, 3.8) is 0 Å². The lowest BCUT2D eigenvalue weighted by Gasteiger charge is -2.31. The van der Waals surface area contributed by atoms with E-state index in [1.54, 1.807) is 6.07 Å². The molecule has 0 nitrogen and oxygen atoms in total. The van der Waals surface area contributed by atoms with Crippen molar-refractivity contribution >= 4 is 21.5 Å². The fourth-order valence-corrected chi connectivity index (χ4v) is 4.92. The van der Waals surface area contributed by atoms with Crippen molar-refractivity contribution in [2.75, 3.05) is 0 Å². The van der Waals surface area contributed by atoms with Gasteiger partial charge in [-0.05, 0) is 75.4 Å². The van der Waals surface area contributed by atoms with Crippen molar-refractivity contribution in [2.24, 2.45) is 0 Å². The summed E-state index contributed by atoms with van der Waals surface area (Å²) in [6.07, 6.45) is 2.73. The van der Waals surface area contributed by atoms with Crippen LogP contribution in [0, 0.1) is 11.6 Å². The highest BCUT2D eigenvalue weighted by Gasteiger charge is 2.27. The van der Waals surface area contributed by atoms with Crippen molar-refractivity contribution in [3.8, 4) is 0 Å². The zero-order valence-corrected chi connectivity index (χ0v) is 15.9. The van der Waals surface area contributed by atoms with Crippen LogP contribution in [-0.4, -0.2) is 0 Å². The minimum absolute atomic E-state index is 0.246. The number of rotatable bonds is 2. The Morgan fingerprint density at radius 3 is 2.50 bits per heavy atom. The van der Waals surface area contributed by atoms with Gasteiger partial charge in [0, 0.05) is 6.07 Å². The summed E-state index contributed by atoms with van der Waals surface area (Å²) in [7, 11) is 0. The van der Waals surface area contributed by atoms with Gasteiger partial charge in [-0.2, -0.15) is 0 Å². The first-order valence-corrected chi connectivity index (χ1v) is 10.00. The Balaban J connectivity index is 1.70. The Morgan fingerprint density at radius 2 is 1.64 bits per heavy atom. The second-order valence-electron chi connectivity index (χ2n) is 8.07. The topological polar surface area (TPSA) is 0 Å². The number of hydrogen-bond donors (Lipinski definition) is 0. The second-order valence-corrected chi connectivity index (χ2v) is 8.07. The minimum atomic E-state index is -0.518. The molecule has 0 heterocycles. The Kier molecular flexibility index (Phi) is 4.16. The lowest BCUT2D eigenvalue weighted by atomic mass is 9.73. The molecular weight excluding hydrogens is 350 g/mol. The van der Waals surface area contributed by atoms with E-state index in [1.165, 1.54) is 38.7 Å². The fraction of sp³-hybridized carbons (Fsp3) is 0.231. The maximum absolute atomic E-state index is 14.3. The summed E-state index contributed by atoms with van der Waals surface area (Å²) >= 11 is 0. The molecule has 1 aliphatic carbocycles. The Hall–Kier alpha value is -2.74. The number of halogens is 2. The van der Waals surface area contributed by atoms with Gasteiger partial charge in [0.1, 0.15) is 11.6 Å². The zero-order chi connectivity index (χ0) is 19.3. The molecule has 0 spiro atoms. The van der Waals surface area contributed by atoms with Crippen molar-refractivity contribution in [1.82, 2.24) is 0 Å². The van der Waals surface area contributed by atoms with Crippen LogP contribution in [0.3, 0.4) is 0 Å². The van der Waals surface area contributed by atoms with Crippen LogP contribution in [0.25, 0.3) is 21.5 Å². The van der Waals surface area contributed by atoms with Gasteiger partial charge in [0.05, 0.1) is 0 Å². The van der Waals surface area contributed by atoms with Gasteiger partial charge in [-0.15, -0.1) is 0 Å². The van der Waals surface area contributed by atoms with E-state index in [-0.39, 0.29) is 5.92 Å². The molecule has 4 aromatic rings. The molecule has 2 unspecified atom stereocenters. The molecule has 0 radical (unpaired) electrons. The van der Waals surface area contributed by atoms with Gasteiger partial charge in [0.2, 0.25) is 0 Å². The van der Waals surface area contributed by atoms with Crippen LogP contribution in [0.2, 0.25) is 0 Å². The summed E-state index contributed by atoms with van der Waals surface area (Å²) < 4.78 is 27.7. The first kappa shape index (κ1) is 17.4. The molecule has 28 heavy (non-hydrogen) atoms. The van der Waals surface area contributed by atoms with E-state index in [0.29, 0.717) is 17.9 Å². The molecule has 4 aromatic carbocycles. The molecule has 0 aromatic heterocycles. The van der Waals surface area contributed by atoms with E-state index in [4.69, 9.17) is 0 Å². The average Bonchev–Trinajstić information content (AvgIpc) is 2.71. The van der Waals surface area contributed by atoms with Crippen LogP contribution in [0.5, 0.6) is 0 Å². The molecule has 0 fully saturated rings. The van der Waals surface area contributed by atoms with Crippen LogP contribution < -0.4 is 0 Å². The third kappa shape index (κ3) is 2.79.